The van der Waals surface area contributed by atoms with Gasteiger partial charge in [-0.2, -0.15) is 0 Å². The molecule has 6 heteroatoms. The smallest absolute Gasteiger partial charge is 0.272 e. The minimum Gasteiger partial charge on any atom is -0.348 e. The zero-order chi connectivity index (χ0) is 13.2. The van der Waals surface area contributed by atoms with Crippen molar-refractivity contribution in [1.29, 1.82) is 0 Å². The van der Waals surface area contributed by atoms with Gasteiger partial charge in [-0.1, -0.05) is 11.6 Å². The van der Waals surface area contributed by atoms with E-state index in [-0.39, 0.29) is 5.91 Å². The highest BCUT2D eigenvalue weighted by atomic mass is 35.5. The van der Waals surface area contributed by atoms with Crippen LogP contribution in [0, 0.1) is 0 Å². The van der Waals surface area contributed by atoms with Crippen molar-refractivity contribution in [1.82, 2.24) is 15.0 Å². The largest absolute Gasteiger partial charge is 0.348 e. The maximum absolute atomic E-state index is 12.1. The number of aromatic amines is 1. The lowest BCUT2D eigenvalue weighted by Gasteiger charge is -2.01. The van der Waals surface area contributed by atoms with Crippen LogP contribution in [0.3, 0.4) is 0 Å². The number of anilines is 1. The monoisotopic (exact) mass is 272 g/mol. The molecule has 0 saturated carbocycles. The van der Waals surface area contributed by atoms with E-state index in [1.165, 1.54) is 0 Å². The number of rotatable bonds is 2. The summed E-state index contributed by atoms with van der Waals surface area (Å²) in [5.74, 6) is -0.250. The number of aromatic nitrogens is 3. The topological polar surface area (TPSA) is 70.7 Å². The van der Waals surface area contributed by atoms with Gasteiger partial charge in [0.15, 0.2) is 5.15 Å². The van der Waals surface area contributed by atoms with E-state index in [1.54, 1.807) is 42.9 Å². The normalized spacial score (nSPS) is 10.6. The molecule has 0 saturated heterocycles. The van der Waals surface area contributed by atoms with Crippen molar-refractivity contribution in [3.05, 3.63) is 53.7 Å². The van der Waals surface area contributed by atoms with Crippen LogP contribution in [0.25, 0.3) is 10.9 Å². The van der Waals surface area contributed by atoms with E-state index in [2.05, 4.69) is 20.3 Å². The summed E-state index contributed by atoms with van der Waals surface area (Å²) in [5.41, 5.74) is 1.71. The summed E-state index contributed by atoms with van der Waals surface area (Å²) in [7, 11) is 0. The Morgan fingerprint density at radius 3 is 2.95 bits per heavy atom. The molecule has 0 bridgehead atoms. The number of carbonyl (C=O) groups excluding carboxylic acids is 1. The molecule has 0 atom stereocenters. The molecule has 0 unspecified atom stereocenters. The number of amides is 1. The number of H-pyrrole nitrogens is 1. The van der Waals surface area contributed by atoms with E-state index in [0.29, 0.717) is 22.1 Å². The first-order chi connectivity index (χ1) is 9.24. The van der Waals surface area contributed by atoms with Crippen LogP contribution in [-0.2, 0) is 0 Å². The Morgan fingerprint density at radius 2 is 2.21 bits per heavy atom. The molecule has 3 aromatic rings. The number of hydrogen-bond donors (Lipinski definition) is 2. The predicted molar refractivity (Wildman–Crippen MR) is 73.3 cm³/mol. The SMILES string of the molecule is O=C(Nc1cccnc1)c1cc2ccnc(Cl)c2[nH]1. The molecule has 1 amide bonds. The van der Waals surface area contributed by atoms with Crippen LogP contribution in [0.2, 0.25) is 5.15 Å². The van der Waals surface area contributed by atoms with Gasteiger partial charge in [0, 0.05) is 17.8 Å². The molecule has 2 N–H and O–H groups in total. The van der Waals surface area contributed by atoms with Crippen LogP contribution < -0.4 is 5.32 Å². The van der Waals surface area contributed by atoms with Crippen molar-refractivity contribution in [2.45, 2.75) is 0 Å². The van der Waals surface area contributed by atoms with Gasteiger partial charge in [0.05, 0.1) is 17.4 Å². The van der Waals surface area contributed by atoms with Crippen molar-refractivity contribution in [3.8, 4) is 0 Å². The van der Waals surface area contributed by atoms with Gasteiger partial charge in [-0.25, -0.2) is 4.98 Å². The maximum atomic E-state index is 12.1. The van der Waals surface area contributed by atoms with Crippen LogP contribution in [0.5, 0.6) is 0 Å². The Morgan fingerprint density at radius 1 is 1.32 bits per heavy atom. The molecule has 5 nitrogen and oxygen atoms in total. The molecular weight excluding hydrogens is 264 g/mol. The quantitative estimate of drug-likeness (QED) is 0.705. The molecule has 0 aliphatic heterocycles. The van der Waals surface area contributed by atoms with Crippen molar-refractivity contribution in [3.63, 3.8) is 0 Å². The highest BCUT2D eigenvalue weighted by Gasteiger charge is 2.11. The molecule has 0 aliphatic carbocycles. The molecule has 0 radical (unpaired) electrons. The molecule has 0 aromatic carbocycles. The third kappa shape index (κ3) is 2.28. The molecule has 3 rings (SSSR count). The number of hydrogen-bond acceptors (Lipinski definition) is 3. The first-order valence-electron chi connectivity index (χ1n) is 5.58. The van der Waals surface area contributed by atoms with Crippen LogP contribution in [0.1, 0.15) is 10.5 Å². The highest BCUT2D eigenvalue weighted by Crippen LogP contribution is 2.21. The van der Waals surface area contributed by atoms with Gasteiger partial charge in [0.25, 0.3) is 5.91 Å². The summed E-state index contributed by atoms with van der Waals surface area (Å²) in [6, 6.07) is 7.04. The van der Waals surface area contributed by atoms with Crippen molar-refractivity contribution in [2.24, 2.45) is 0 Å². The van der Waals surface area contributed by atoms with Crippen LogP contribution in [0.15, 0.2) is 42.9 Å². The van der Waals surface area contributed by atoms with E-state index in [1.807, 2.05) is 0 Å². The fourth-order valence-corrected chi connectivity index (χ4v) is 1.99. The first kappa shape index (κ1) is 11.7. The van der Waals surface area contributed by atoms with Crippen LogP contribution in [-0.4, -0.2) is 20.9 Å². The number of carbonyl (C=O) groups is 1. The van der Waals surface area contributed by atoms with E-state index in [4.69, 9.17) is 11.6 Å². The molecule has 94 valence electrons. The Hall–Kier alpha value is -2.40. The fraction of sp³-hybridized carbons (Fsp3) is 0. The Kier molecular flexibility index (Phi) is 2.89. The predicted octanol–water partition coefficient (Wildman–Crippen LogP) is 2.86. The lowest BCUT2D eigenvalue weighted by molar-refractivity contribution is 0.102. The summed E-state index contributed by atoms with van der Waals surface area (Å²) >= 11 is 5.95. The summed E-state index contributed by atoms with van der Waals surface area (Å²) in [6.45, 7) is 0. The van der Waals surface area contributed by atoms with E-state index in [0.717, 1.165) is 5.39 Å². The third-order valence-corrected chi connectivity index (χ3v) is 2.95. The zero-order valence-corrected chi connectivity index (χ0v) is 10.5. The van der Waals surface area contributed by atoms with Gasteiger partial charge in [0.1, 0.15) is 5.69 Å². The van der Waals surface area contributed by atoms with Crippen molar-refractivity contribution >= 4 is 34.1 Å². The zero-order valence-electron chi connectivity index (χ0n) is 9.72. The molecule has 3 aromatic heterocycles. The third-order valence-electron chi connectivity index (χ3n) is 2.66. The number of nitrogens with one attached hydrogen (secondary N) is 2. The summed E-state index contributed by atoms with van der Waals surface area (Å²) in [4.78, 5) is 22.9. The minimum atomic E-state index is -0.250. The fourth-order valence-electron chi connectivity index (χ4n) is 1.78. The van der Waals surface area contributed by atoms with Gasteiger partial charge in [-0.05, 0) is 24.3 Å². The second-order valence-electron chi connectivity index (χ2n) is 3.94. The number of pyridine rings is 2. The second-order valence-corrected chi connectivity index (χ2v) is 4.30. The van der Waals surface area contributed by atoms with Gasteiger partial charge in [-0.3, -0.25) is 9.78 Å². The highest BCUT2D eigenvalue weighted by molar-refractivity contribution is 6.34. The molecule has 0 aliphatic rings. The Labute approximate surface area is 113 Å². The van der Waals surface area contributed by atoms with Crippen molar-refractivity contribution in [2.75, 3.05) is 5.32 Å². The van der Waals surface area contributed by atoms with Crippen LogP contribution in [0.4, 0.5) is 5.69 Å². The molecule has 0 spiro atoms. The van der Waals surface area contributed by atoms with Gasteiger partial charge >= 0.3 is 0 Å². The average molecular weight is 273 g/mol. The average Bonchev–Trinajstić information content (AvgIpc) is 2.85. The number of fused-ring (bicyclic) bond motifs is 1. The minimum absolute atomic E-state index is 0.250. The van der Waals surface area contributed by atoms with Crippen molar-refractivity contribution < 1.29 is 4.79 Å². The molecule has 3 heterocycles. The summed E-state index contributed by atoms with van der Waals surface area (Å²) < 4.78 is 0. The van der Waals surface area contributed by atoms with E-state index < -0.39 is 0 Å². The Bertz CT molecular complexity index is 739. The van der Waals surface area contributed by atoms with Gasteiger partial charge in [-0.15, -0.1) is 0 Å². The lowest BCUT2D eigenvalue weighted by atomic mass is 10.3. The van der Waals surface area contributed by atoms with E-state index >= 15 is 0 Å². The Balaban J connectivity index is 1.92. The summed E-state index contributed by atoms with van der Waals surface area (Å²) in [6.07, 6.45) is 4.82. The first-order valence-corrected chi connectivity index (χ1v) is 5.96. The van der Waals surface area contributed by atoms with Gasteiger partial charge in [0.2, 0.25) is 0 Å². The lowest BCUT2D eigenvalue weighted by Crippen LogP contribution is -2.12. The summed E-state index contributed by atoms with van der Waals surface area (Å²) in [5, 5.41) is 3.93. The van der Waals surface area contributed by atoms with Gasteiger partial charge < -0.3 is 10.3 Å². The number of nitrogens with zero attached hydrogens (tertiary/aromatic N) is 2. The molecule has 19 heavy (non-hydrogen) atoms. The van der Waals surface area contributed by atoms with E-state index in [9.17, 15) is 4.79 Å². The maximum Gasteiger partial charge on any atom is 0.272 e. The molecule has 0 fully saturated rings. The van der Waals surface area contributed by atoms with Crippen LogP contribution >= 0.6 is 11.6 Å². The second kappa shape index (κ2) is 4.70. The number of halogens is 1. The molecular formula is C13H9ClN4O. The standard InChI is InChI=1S/C13H9ClN4O/c14-12-11-8(3-5-16-12)6-10(18-11)13(19)17-9-2-1-4-15-7-9/h1-7,18H,(H,17,19).